The third-order valence-corrected chi connectivity index (χ3v) is 6.53. The molecule has 1 aromatic heterocycles. The Labute approximate surface area is 183 Å². The number of anilines is 2. The summed E-state index contributed by atoms with van der Waals surface area (Å²) in [6.45, 7) is 3.05. The Bertz CT molecular complexity index is 996. The largest absolute Gasteiger partial charge is 0.366 e. The number of hydrogen-bond donors (Lipinski definition) is 0. The molecule has 1 saturated heterocycles. The Kier molecular flexibility index (Phi) is 6.43. The van der Waals surface area contributed by atoms with Gasteiger partial charge >= 0.3 is 0 Å². The lowest BCUT2D eigenvalue weighted by molar-refractivity contribution is 0.595. The molecule has 29 heavy (non-hydrogen) atoms. The quantitative estimate of drug-likeness (QED) is 0.377. The van der Waals surface area contributed by atoms with Crippen LogP contribution < -0.4 is 9.80 Å². The molecule has 4 nitrogen and oxygen atoms in total. The molecule has 0 N–H and O–H groups in total. The van der Waals surface area contributed by atoms with Gasteiger partial charge in [-0.25, -0.2) is 14.4 Å². The number of nitrogens with zero attached hydrogens (tertiary/aromatic N) is 4. The standard InChI is InChI=1S/C21H19Cl2FN4S/c22-16-6-5-15(11-17(16)23)13-29-21-12-20(25-14-26-21)28-9-7-27(8-10-28)19-4-2-1-3-18(19)24/h1-6,11-12,14H,7-10,13H2. The molecule has 4 rings (SSSR count). The van der Waals surface area contributed by atoms with Crippen LogP contribution in [0.1, 0.15) is 5.56 Å². The van der Waals surface area contributed by atoms with Crippen LogP contribution in [0.4, 0.5) is 15.9 Å². The average Bonchev–Trinajstić information content (AvgIpc) is 2.75. The number of aromatic nitrogens is 2. The van der Waals surface area contributed by atoms with E-state index in [4.69, 9.17) is 23.2 Å². The zero-order chi connectivity index (χ0) is 20.2. The number of rotatable bonds is 5. The smallest absolute Gasteiger partial charge is 0.146 e. The summed E-state index contributed by atoms with van der Waals surface area (Å²) in [5, 5.41) is 2.01. The zero-order valence-electron chi connectivity index (χ0n) is 15.6. The van der Waals surface area contributed by atoms with Gasteiger partial charge in [0.25, 0.3) is 0 Å². The second kappa shape index (κ2) is 9.20. The predicted octanol–water partition coefficient (Wildman–Crippen LogP) is 5.54. The van der Waals surface area contributed by atoms with Crippen LogP contribution in [0.15, 0.2) is 59.9 Å². The van der Waals surface area contributed by atoms with Gasteiger partial charge in [0, 0.05) is 38.0 Å². The molecule has 0 unspecified atom stereocenters. The van der Waals surface area contributed by atoms with Crippen molar-refractivity contribution < 1.29 is 4.39 Å². The van der Waals surface area contributed by atoms with E-state index in [1.54, 1.807) is 30.2 Å². The Hall–Kier alpha value is -2.02. The van der Waals surface area contributed by atoms with Gasteiger partial charge < -0.3 is 9.80 Å². The summed E-state index contributed by atoms with van der Waals surface area (Å²) in [6, 6.07) is 14.6. The van der Waals surface area contributed by atoms with Crippen molar-refractivity contribution in [2.45, 2.75) is 10.8 Å². The molecule has 2 aromatic carbocycles. The molecule has 1 aliphatic heterocycles. The number of benzene rings is 2. The molecule has 0 radical (unpaired) electrons. The molecular weight excluding hydrogens is 430 g/mol. The molecular formula is C21H19Cl2FN4S. The maximum Gasteiger partial charge on any atom is 0.146 e. The second-order valence-corrected chi connectivity index (χ2v) is 8.49. The number of piperazine rings is 1. The predicted molar refractivity (Wildman–Crippen MR) is 119 cm³/mol. The van der Waals surface area contributed by atoms with Crippen LogP contribution in [0.3, 0.4) is 0 Å². The first kappa shape index (κ1) is 20.3. The van der Waals surface area contributed by atoms with Crippen LogP contribution in [0.2, 0.25) is 10.0 Å². The van der Waals surface area contributed by atoms with E-state index in [1.807, 2.05) is 30.3 Å². The highest BCUT2D eigenvalue weighted by Gasteiger charge is 2.20. The lowest BCUT2D eigenvalue weighted by Crippen LogP contribution is -2.47. The lowest BCUT2D eigenvalue weighted by Gasteiger charge is -2.36. The number of halogens is 3. The SMILES string of the molecule is Fc1ccccc1N1CCN(c2cc(SCc3ccc(Cl)c(Cl)c3)ncn2)CC1. The van der Waals surface area contributed by atoms with Gasteiger partial charge in [-0.2, -0.15) is 0 Å². The van der Waals surface area contributed by atoms with Crippen LogP contribution in [0.25, 0.3) is 0 Å². The highest BCUT2D eigenvalue weighted by atomic mass is 35.5. The molecule has 1 fully saturated rings. The van der Waals surface area contributed by atoms with Gasteiger partial charge in [0.2, 0.25) is 0 Å². The lowest BCUT2D eigenvalue weighted by atomic mass is 10.2. The van der Waals surface area contributed by atoms with Gasteiger partial charge in [-0.15, -0.1) is 11.8 Å². The summed E-state index contributed by atoms with van der Waals surface area (Å²) in [7, 11) is 0. The third-order valence-electron chi connectivity index (χ3n) is 4.80. The first-order valence-corrected chi connectivity index (χ1v) is 11.0. The van der Waals surface area contributed by atoms with E-state index in [9.17, 15) is 4.39 Å². The number of para-hydroxylation sites is 1. The molecule has 1 aliphatic rings. The molecule has 2 heterocycles. The van der Waals surface area contributed by atoms with Gasteiger partial charge in [0.1, 0.15) is 23.0 Å². The molecule has 0 bridgehead atoms. The van der Waals surface area contributed by atoms with Crippen LogP contribution >= 0.6 is 35.0 Å². The van der Waals surface area contributed by atoms with Crippen molar-refractivity contribution >= 4 is 46.5 Å². The van der Waals surface area contributed by atoms with Crippen molar-refractivity contribution in [1.29, 1.82) is 0 Å². The normalized spacial score (nSPS) is 14.3. The highest BCUT2D eigenvalue weighted by molar-refractivity contribution is 7.98. The van der Waals surface area contributed by atoms with Crippen LogP contribution in [0.5, 0.6) is 0 Å². The van der Waals surface area contributed by atoms with Crippen LogP contribution in [-0.2, 0) is 5.75 Å². The summed E-state index contributed by atoms with van der Waals surface area (Å²) in [5.74, 6) is 1.46. The average molecular weight is 449 g/mol. The maximum absolute atomic E-state index is 14.0. The summed E-state index contributed by atoms with van der Waals surface area (Å²) >= 11 is 13.7. The fraction of sp³-hybridized carbons (Fsp3) is 0.238. The highest BCUT2D eigenvalue weighted by Crippen LogP contribution is 2.28. The minimum absolute atomic E-state index is 0.177. The van der Waals surface area contributed by atoms with Crippen molar-refractivity contribution in [3.8, 4) is 0 Å². The minimum atomic E-state index is -0.177. The van der Waals surface area contributed by atoms with E-state index in [2.05, 4.69) is 19.8 Å². The number of thioether (sulfide) groups is 1. The Morgan fingerprint density at radius 3 is 2.41 bits per heavy atom. The molecule has 0 spiro atoms. The van der Waals surface area contributed by atoms with Crippen molar-refractivity contribution in [2.75, 3.05) is 36.0 Å². The molecule has 0 amide bonds. The van der Waals surface area contributed by atoms with E-state index in [-0.39, 0.29) is 5.82 Å². The van der Waals surface area contributed by atoms with E-state index < -0.39 is 0 Å². The summed E-state index contributed by atoms with van der Waals surface area (Å²) in [6.07, 6.45) is 1.59. The minimum Gasteiger partial charge on any atom is -0.366 e. The van der Waals surface area contributed by atoms with Gasteiger partial charge in [0.05, 0.1) is 15.7 Å². The molecule has 0 atom stereocenters. The summed E-state index contributed by atoms with van der Waals surface area (Å²) in [5.41, 5.74) is 1.75. The maximum atomic E-state index is 14.0. The molecule has 0 aliphatic carbocycles. The topological polar surface area (TPSA) is 32.3 Å². The van der Waals surface area contributed by atoms with Crippen molar-refractivity contribution in [1.82, 2.24) is 9.97 Å². The van der Waals surface area contributed by atoms with Crippen molar-refractivity contribution in [2.24, 2.45) is 0 Å². The first-order valence-electron chi connectivity index (χ1n) is 9.23. The first-order chi connectivity index (χ1) is 14.1. The zero-order valence-corrected chi connectivity index (χ0v) is 17.9. The van der Waals surface area contributed by atoms with Crippen LogP contribution in [-0.4, -0.2) is 36.1 Å². The van der Waals surface area contributed by atoms with Gasteiger partial charge in [0.15, 0.2) is 0 Å². The molecule has 8 heteroatoms. The molecule has 150 valence electrons. The van der Waals surface area contributed by atoms with E-state index in [1.165, 1.54) is 6.07 Å². The van der Waals surface area contributed by atoms with Crippen molar-refractivity contribution in [3.63, 3.8) is 0 Å². The Morgan fingerprint density at radius 2 is 1.66 bits per heavy atom. The molecule has 0 saturated carbocycles. The number of hydrogen-bond acceptors (Lipinski definition) is 5. The summed E-state index contributed by atoms with van der Waals surface area (Å²) in [4.78, 5) is 13.1. The Balaban J connectivity index is 1.38. The van der Waals surface area contributed by atoms with Gasteiger partial charge in [-0.05, 0) is 29.8 Å². The monoisotopic (exact) mass is 448 g/mol. The van der Waals surface area contributed by atoms with E-state index in [0.717, 1.165) is 48.3 Å². The summed E-state index contributed by atoms with van der Waals surface area (Å²) < 4.78 is 14.0. The third kappa shape index (κ3) is 4.94. The van der Waals surface area contributed by atoms with Gasteiger partial charge in [-0.3, -0.25) is 0 Å². The van der Waals surface area contributed by atoms with Crippen LogP contribution in [0, 0.1) is 5.82 Å². The fourth-order valence-electron chi connectivity index (χ4n) is 3.25. The Morgan fingerprint density at radius 1 is 0.897 bits per heavy atom. The van der Waals surface area contributed by atoms with Gasteiger partial charge in [-0.1, -0.05) is 41.4 Å². The van der Waals surface area contributed by atoms with Crippen molar-refractivity contribution in [3.05, 3.63) is 76.3 Å². The second-order valence-electron chi connectivity index (χ2n) is 6.68. The fourth-order valence-corrected chi connectivity index (χ4v) is 4.38. The van der Waals surface area contributed by atoms with E-state index in [0.29, 0.717) is 15.7 Å². The van der Waals surface area contributed by atoms with E-state index >= 15 is 0 Å². The molecule has 3 aromatic rings.